The molecule has 1 aromatic heterocycles. The number of morpholine rings is 1. The Morgan fingerprint density at radius 2 is 1.97 bits per heavy atom. The summed E-state index contributed by atoms with van der Waals surface area (Å²) in [5.74, 6) is -1.19. The molecule has 204 valence electrons. The van der Waals surface area contributed by atoms with Crippen molar-refractivity contribution in [2.24, 2.45) is 5.92 Å². The summed E-state index contributed by atoms with van der Waals surface area (Å²) in [6.45, 7) is 4.17. The van der Waals surface area contributed by atoms with E-state index < -0.39 is 28.0 Å². The van der Waals surface area contributed by atoms with E-state index in [4.69, 9.17) is 16.3 Å². The zero-order valence-electron chi connectivity index (χ0n) is 20.9. The van der Waals surface area contributed by atoms with Crippen LogP contribution in [0.2, 0.25) is 5.02 Å². The van der Waals surface area contributed by atoms with E-state index in [-0.39, 0.29) is 53.9 Å². The van der Waals surface area contributed by atoms with Crippen LogP contribution in [-0.4, -0.2) is 62.9 Å². The molecular formula is C26H29ClFN3O5S2. The van der Waals surface area contributed by atoms with Gasteiger partial charge in [-0.1, -0.05) is 43.6 Å². The number of amides is 2. The molecule has 2 heterocycles. The second-order valence-corrected chi connectivity index (χ2v) is 12.9. The molecule has 0 unspecified atom stereocenters. The second-order valence-electron chi connectivity index (χ2n) is 9.48. The van der Waals surface area contributed by atoms with E-state index in [1.54, 1.807) is 6.07 Å². The Balaban J connectivity index is 1.39. The normalized spacial score (nSPS) is 17.4. The third-order valence-corrected chi connectivity index (χ3v) is 9.56. The van der Waals surface area contributed by atoms with Crippen molar-refractivity contribution < 1.29 is 27.1 Å². The molecule has 1 aliphatic rings. The molecule has 1 saturated heterocycles. The lowest BCUT2D eigenvalue weighted by molar-refractivity contribution is -0.124. The van der Waals surface area contributed by atoms with Crippen molar-refractivity contribution in [3.8, 4) is 0 Å². The number of fused-ring (bicyclic) bond motifs is 1. The third-order valence-electron chi connectivity index (χ3n) is 6.10. The van der Waals surface area contributed by atoms with Gasteiger partial charge in [-0.15, -0.1) is 11.3 Å². The van der Waals surface area contributed by atoms with Gasteiger partial charge in [-0.05, 0) is 48.1 Å². The molecule has 0 saturated carbocycles. The number of ether oxygens (including phenoxy) is 1. The van der Waals surface area contributed by atoms with Crippen LogP contribution in [0.3, 0.4) is 0 Å². The minimum Gasteiger partial charge on any atom is -0.374 e. The summed E-state index contributed by atoms with van der Waals surface area (Å²) in [5, 5.41) is 6.40. The molecule has 1 fully saturated rings. The lowest BCUT2D eigenvalue weighted by Crippen LogP contribution is -2.52. The smallest absolute Gasteiger partial charge is 0.262 e. The van der Waals surface area contributed by atoms with E-state index in [1.165, 1.54) is 15.6 Å². The average Bonchev–Trinajstić information content (AvgIpc) is 3.31. The molecule has 2 aromatic carbocycles. The number of thiophene rings is 1. The van der Waals surface area contributed by atoms with Crippen LogP contribution in [0.1, 0.15) is 29.9 Å². The summed E-state index contributed by atoms with van der Waals surface area (Å²) in [5.41, 5.74) is 0. The molecule has 0 bridgehead atoms. The molecule has 0 aliphatic carbocycles. The lowest BCUT2D eigenvalue weighted by Gasteiger charge is -2.32. The fourth-order valence-corrected chi connectivity index (χ4v) is 7.15. The summed E-state index contributed by atoms with van der Waals surface area (Å²) in [6, 6.07) is 11.8. The van der Waals surface area contributed by atoms with Crippen LogP contribution in [-0.2, 0) is 19.6 Å². The number of carbonyl (C=O) groups excluding carboxylic acids is 2. The molecule has 2 atom stereocenters. The Morgan fingerprint density at radius 3 is 2.68 bits per heavy atom. The molecule has 0 radical (unpaired) electrons. The van der Waals surface area contributed by atoms with Gasteiger partial charge in [0.05, 0.1) is 22.6 Å². The SMILES string of the molecule is CC(C)C[C@H](NC(=O)c1cc2ccccc2s1)C(=O)NC[C@H]1CN(S(=O)(=O)c2ccc(F)cc2Cl)CCO1. The highest BCUT2D eigenvalue weighted by molar-refractivity contribution is 7.89. The minimum atomic E-state index is -3.98. The first-order valence-corrected chi connectivity index (χ1v) is 14.8. The molecule has 4 rings (SSSR count). The molecule has 2 N–H and O–H groups in total. The van der Waals surface area contributed by atoms with E-state index >= 15 is 0 Å². The Bertz CT molecular complexity index is 1400. The maximum atomic E-state index is 13.4. The van der Waals surface area contributed by atoms with Gasteiger partial charge in [0, 0.05) is 24.3 Å². The summed E-state index contributed by atoms with van der Waals surface area (Å²) in [4.78, 5) is 26.3. The maximum absolute atomic E-state index is 13.4. The second kappa shape index (κ2) is 12.1. The molecule has 3 aromatic rings. The fourth-order valence-electron chi connectivity index (χ4n) is 4.22. The summed E-state index contributed by atoms with van der Waals surface area (Å²) >= 11 is 7.35. The van der Waals surface area contributed by atoms with Crippen molar-refractivity contribution >= 4 is 54.9 Å². The van der Waals surface area contributed by atoms with Gasteiger partial charge in [0.2, 0.25) is 15.9 Å². The molecule has 38 heavy (non-hydrogen) atoms. The van der Waals surface area contributed by atoms with Crippen molar-refractivity contribution in [3.05, 3.63) is 64.2 Å². The molecule has 1 aliphatic heterocycles. The van der Waals surface area contributed by atoms with Crippen LogP contribution in [0.25, 0.3) is 10.1 Å². The number of hydrogen-bond acceptors (Lipinski definition) is 6. The standard InChI is InChI=1S/C26H29ClFN3O5S2/c1-16(2)11-21(30-26(33)23-12-17-5-3-4-6-22(17)37-23)25(32)29-14-19-15-31(9-10-36-19)38(34,35)24-8-7-18(28)13-20(24)27/h3-8,12-13,16,19,21H,9-11,14-15H2,1-2H3,(H,29,32)(H,30,33)/t19-,21-/m0/s1. The van der Waals surface area contributed by atoms with Gasteiger partial charge in [-0.2, -0.15) is 4.31 Å². The van der Waals surface area contributed by atoms with Crippen LogP contribution >= 0.6 is 22.9 Å². The number of rotatable bonds is 9. The van der Waals surface area contributed by atoms with Gasteiger partial charge in [0.1, 0.15) is 16.8 Å². The maximum Gasteiger partial charge on any atom is 0.262 e. The van der Waals surface area contributed by atoms with Gasteiger partial charge < -0.3 is 15.4 Å². The largest absolute Gasteiger partial charge is 0.374 e. The summed E-state index contributed by atoms with van der Waals surface area (Å²) in [6.07, 6.45) is -0.183. The fraction of sp³-hybridized carbons (Fsp3) is 0.385. The minimum absolute atomic E-state index is 0.0146. The molecule has 0 spiro atoms. The van der Waals surface area contributed by atoms with E-state index in [2.05, 4.69) is 10.6 Å². The highest BCUT2D eigenvalue weighted by atomic mass is 35.5. The number of carbonyl (C=O) groups is 2. The van der Waals surface area contributed by atoms with Gasteiger partial charge >= 0.3 is 0 Å². The molecule has 2 amide bonds. The first-order valence-electron chi connectivity index (χ1n) is 12.2. The zero-order valence-corrected chi connectivity index (χ0v) is 23.3. The van der Waals surface area contributed by atoms with Crippen LogP contribution in [0.5, 0.6) is 0 Å². The van der Waals surface area contributed by atoms with Gasteiger partial charge in [0.15, 0.2) is 0 Å². The van der Waals surface area contributed by atoms with Crippen LogP contribution in [0, 0.1) is 11.7 Å². The van der Waals surface area contributed by atoms with Crippen molar-refractivity contribution in [2.75, 3.05) is 26.2 Å². The van der Waals surface area contributed by atoms with Gasteiger partial charge in [-0.3, -0.25) is 9.59 Å². The van der Waals surface area contributed by atoms with E-state index in [1.807, 2.05) is 38.1 Å². The van der Waals surface area contributed by atoms with Gasteiger partial charge in [0.25, 0.3) is 5.91 Å². The van der Waals surface area contributed by atoms with Crippen LogP contribution in [0.15, 0.2) is 53.4 Å². The Kier molecular flexibility index (Phi) is 9.04. The van der Waals surface area contributed by atoms with Gasteiger partial charge in [-0.25, -0.2) is 12.8 Å². The van der Waals surface area contributed by atoms with Crippen molar-refractivity contribution in [3.63, 3.8) is 0 Å². The number of benzene rings is 2. The highest BCUT2D eigenvalue weighted by Gasteiger charge is 2.33. The Labute approximate surface area is 230 Å². The lowest BCUT2D eigenvalue weighted by atomic mass is 10.0. The van der Waals surface area contributed by atoms with Crippen molar-refractivity contribution in [1.29, 1.82) is 0 Å². The summed E-state index contributed by atoms with van der Waals surface area (Å²) in [7, 11) is -3.98. The van der Waals surface area contributed by atoms with E-state index in [9.17, 15) is 22.4 Å². The zero-order chi connectivity index (χ0) is 27.4. The molecule has 8 nitrogen and oxygen atoms in total. The molecular weight excluding hydrogens is 553 g/mol. The number of halogens is 2. The highest BCUT2D eigenvalue weighted by Crippen LogP contribution is 2.27. The van der Waals surface area contributed by atoms with E-state index in [0.29, 0.717) is 11.3 Å². The predicted molar refractivity (Wildman–Crippen MR) is 145 cm³/mol. The van der Waals surface area contributed by atoms with Crippen LogP contribution < -0.4 is 10.6 Å². The Hall–Kier alpha value is -2.57. The first kappa shape index (κ1) is 28.4. The quantitative estimate of drug-likeness (QED) is 0.397. The molecule has 12 heteroatoms. The van der Waals surface area contributed by atoms with E-state index in [0.717, 1.165) is 28.3 Å². The Morgan fingerprint density at radius 1 is 1.21 bits per heavy atom. The summed E-state index contributed by atoms with van der Waals surface area (Å²) < 4.78 is 47.5. The van der Waals surface area contributed by atoms with Crippen molar-refractivity contribution in [1.82, 2.24) is 14.9 Å². The number of nitrogens with one attached hydrogen (secondary N) is 2. The first-order chi connectivity index (χ1) is 18.0. The predicted octanol–water partition coefficient (Wildman–Crippen LogP) is 4.04. The number of nitrogens with zero attached hydrogens (tertiary/aromatic N) is 1. The monoisotopic (exact) mass is 581 g/mol. The average molecular weight is 582 g/mol. The number of sulfonamides is 1. The number of hydrogen-bond donors (Lipinski definition) is 2. The van der Waals surface area contributed by atoms with Crippen molar-refractivity contribution in [2.45, 2.75) is 37.3 Å². The van der Waals surface area contributed by atoms with Crippen LogP contribution in [0.4, 0.5) is 4.39 Å². The topological polar surface area (TPSA) is 105 Å². The third kappa shape index (κ3) is 6.70.